The first-order valence-electron chi connectivity index (χ1n) is 9.21. The van der Waals surface area contributed by atoms with Crippen LogP contribution in [0.15, 0.2) is 24.3 Å². The highest BCUT2D eigenvalue weighted by Crippen LogP contribution is 2.28. The van der Waals surface area contributed by atoms with Crippen LogP contribution in [0.3, 0.4) is 0 Å². The van der Waals surface area contributed by atoms with Gasteiger partial charge >= 0.3 is 0 Å². The Hall–Kier alpha value is -1.64. The number of rotatable bonds is 3. The van der Waals surface area contributed by atoms with Gasteiger partial charge in [0.1, 0.15) is 0 Å². The summed E-state index contributed by atoms with van der Waals surface area (Å²) in [6.07, 6.45) is 2.65. The summed E-state index contributed by atoms with van der Waals surface area (Å²) in [6.45, 7) is 19.5. The molecule has 0 saturated heterocycles. The molecule has 138 valence electrons. The molecule has 0 aromatic heterocycles. The standard InChI is InChI=1S/C9H20.C8H5NO2.2C2H6/c1-6-9(4,5)7-8(2)3;10-7-5-3-1-2-4-6(5)8(11)9-7;2*1-2/h8H,6-7H2,1-5H3;1-4H,(H,9,10,11);2*1-2H3. The summed E-state index contributed by atoms with van der Waals surface area (Å²) in [6, 6.07) is 6.74. The van der Waals surface area contributed by atoms with Gasteiger partial charge in [-0.25, -0.2) is 0 Å². The highest BCUT2D eigenvalue weighted by atomic mass is 16.2. The van der Waals surface area contributed by atoms with Crippen LogP contribution in [0.25, 0.3) is 0 Å². The van der Waals surface area contributed by atoms with Crippen molar-refractivity contribution in [2.45, 2.75) is 75.2 Å². The molecule has 1 aromatic carbocycles. The van der Waals surface area contributed by atoms with E-state index in [1.807, 2.05) is 27.7 Å². The summed E-state index contributed by atoms with van der Waals surface area (Å²) in [5.41, 5.74) is 1.50. The number of imide groups is 1. The Kier molecular flexibility index (Phi) is 13.1. The van der Waals surface area contributed by atoms with Gasteiger partial charge in [-0.2, -0.15) is 0 Å². The number of fused-ring (bicyclic) bond motifs is 1. The van der Waals surface area contributed by atoms with Crippen molar-refractivity contribution in [3.05, 3.63) is 35.4 Å². The zero-order chi connectivity index (χ0) is 19.3. The second kappa shape index (κ2) is 12.7. The number of benzene rings is 1. The lowest BCUT2D eigenvalue weighted by Gasteiger charge is -2.24. The molecule has 0 spiro atoms. The van der Waals surface area contributed by atoms with E-state index in [0.717, 1.165) is 5.92 Å². The first-order valence-corrected chi connectivity index (χ1v) is 9.21. The van der Waals surface area contributed by atoms with Crippen LogP contribution >= 0.6 is 0 Å². The molecule has 24 heavy (non-hydrogen) atoms. The lowest BCUT2D eigenvalue weighted by atomic mass is 9.82. The fourth-order valence-electron chi connectivity index (χ4n) is 2.37. The summed E-state index contributed by atoms with van der Waals surface area (Å²) in [4.78, 5) is 21.9. The molecule has 0 aliphatic carbocycles. The van der Waals surface area contributed by atoms with E-state index in [4.69, 9.17) is 0 Å². The molecule has 1 heterocycles. The van der Waals surface area contributed by atoms with Gasteiger partial charge in [0, 0.05) is 0 Å². The monoisotopic (exact) mass is 335 g/mol. The number of amides is 2. The molecule has 1 aliphatic heterocycles. The Bertz CT molecular complexity index is 457. The van der Waals surface area contributed by atoms with Gasteiger partial charge in [0.25, 0.3) is 11.8 Å². The molecule has 0 unspecified atom stereocenters. The van der Waals surface area contributed by atoms with Gasteiger partial charge in [-0.3, -0.25) is 14.9 Å². The molecule has 3 heteroatoms. The van der Waals surface area contributed by atoms with Crippen LogP contribution in [0.5, 0.6) is 0 Å². The molecule has 3 nitrogen and oxygen atoms in total. The zero-order valence-corrected chi connectivity index (χ0v) is 17.1. The fourth-order valence-corrected chi connectivity index (χ4v) is 2.37. The first kappa shape index (κ1) is 24.6. The minimum Gasteiger partial charge on any atom is -0.288 e. The van der Waals surface area contributed by atoms with Gasteiger partial charge in [-0.15, -0.1) is 0 Å². The second-order valence-corrected chi connectivity index (χ2v) is 6.44. The Morgan fingerprint density at radius 1 is 0.917 bits per heavy atom. The maximum absolute atomic E-state index is 10.9. The van der Waals surface area contributed by atoms with E-state index < -0.39 is 0 Å². The van der Waals surface area contributed by atoms with E-state index in [-0.39, 0.29) is 11.8 Å². The number of nitrogens with one attached hydrogen (secondary N) is 1. The smallest absolute Gasteiger partial charge is 0.258 e. The van der Waals surface area contributed by atoms with Crippen molar-refractivity contribution in [3.63, 3.8) is 0 Å². The van der Waals surface area contributed by atoms with Gasteiger partial charge in [-0.1, -0.05) is 80.9 Å². The van der Waals surface area contributed by atoms with Crippen molar-refractivity contribution in [2.24, 2.45) is 11.3 Å². The summed E-state index contributed by atoms with van der Waals surface area (Å²) >= 11 is 0. The number of carbonyl (C=O) groups is 2. The van der Waals surface area contributed by atoms with Crippen LogP contribution in [0.1, 0.15) is 95.9 Å². The van der Waals surface area contributed by atoms with Crippen LogP contribution in [0, 0.1) is 11.3 Å². The average Bonchev–Trinajstić information content (AvgIpc) is 2.86. The van der Waals surface area contributed by atoms with Crippen molar-refractivity contribution in [1.29, 1.82) is 0 Å². The topological polar surface area (TPSA) is 46.2 Å². The Labute approximate surface area is 149 Å². The van der Waals surface area contributed by atoms with Crippen molar-refractivity contribution < 1.29 is 9.59 Å². The SMILES string of the molecule is CC.CC.CCC(C)(C)CC(C)C.O=C1NC(=O)c2ccccc21. The highest BCUT2D eigenvalue weighted by molar-refractivity contribution is 6.21. The molecule has 0 radical (unpaired) electrons. The third kappa shape index (κ3) is 8.85. The summed E-state index contributed by atoms with van der Waals surface area (Å²) in [5.74, 6) is 0.246. The van der Waals surface area contributed by atoms with Crippen molar-refractivity contribution in [3.8, 4) is 0 Å². The maximum atomic E-state index is 10.9. The minimum absolute atomic E-state index is 0.300. The largest absolute Gasteiger partial charge is 0.288 e. The molecular weight excluding hydrogens is 298 g/mol. The third-order valence-electron chi connectivity index (χ3n) is 3.56. The molecule has 2 amide bonds. The van der Waals surface area contributed by atoms with E-state index >= 15 is 0 Å². The summed E-state index contributed by atoms with van der Waals surface area (Å²) in [5, 5.41) is 2.20. The average molecular weight is 336 g/mol. The zero-order valence-electron chi connectivity index (χ0n) is 17.1. The Morgan fingerprint density at radius 3 is 1.54 bits per heavy atom. The normalized spacial score (nSPS) is 11.9. The number of carbonyl (C=O) groups excluding carboxylic acids is 2. The molecule has 2 rings (SSSR count). The number of hydrogen-bond donors (Lipinski definition) is 1. The Balaban J connectivity index is 0. The molecule has 0 fully saturated rings. The lowest BCUT2D eigenvalue weighted by molar-refractivity contribution is 0.0879. The van der Waals surface area contributed by atoms with E-state index in [1.54, 1.807) is 24.3 Å². The van der Waals surface area contributed by atoms with E-state index in [1.165, 1.54) is 12.8 Å². The molecule has 0 atom stereocenters. The quantitative estimate of drug-likeness (QED) is 0.679. The van der Waals surface area contributed by atoms with Crippen molar-refractivity contribution in [2.75, 3.05) is 0 Å². The molecule has 0 bridgehead atoms. The molecule has 1 N–H and O–H groups in total. The molecule has 1 aliphatic rings. The number of hydrogen-bond acceptors (Lipinski definition) is 2. The third-order valence-corrected chi connectivity index (χ3v) is 3.56. The van der Waals surface area contributed by atoms with Gasteiger partial charge in [0.05, 0.1) is 11.1 Å². The van der Waals surface area contributed by atoms with Crippen LogP contribution in [0.2, 0.25) is 0 Å². The molecular formula is C21H37NO2. The summed E-state index contributed by atoms with van der Waals surface area (Å²) in [7, 11) is 0. The van der Waals surface area contributed by atoms with Gasteiger partial charge in [0.2, 0.25) is 0 Å². The summed E-state index contributed by atoms with van der Waals surface area (Å²) < 4.78 is 0. The lowest BCUT2D eigenvalue weighted by Crippen LogP contribution is -2.19. The highest BCUT2D eigenvalue weighted by Gasteiger charge is 2.25. The van der Waals surface area contributed by atoms with E-state index in [0.29, 0.717) is 16.5 Å². The van der Waals surface area contributed by atoms with Crippen molar-refractivity contribution in [1.82, 2.24) is 5.32 Å². The molecule has 1 aromatic rings. The van der Waals surface area contributed by atoms with Crippen molar-refractivity contribution >= 4 is 11.8 Å². The van der Waals surface area contributed by atoms with Crippen LogP contribution in [-0.2, 0) is 0 Å². The van der Waals surface area contributed by atoms with E-state index in [9.17, 15) is 9.59 Å². The fraction of sp³-hybridized carbons (Fsp3) is 0.619. The maximum Gasteiger partial charge on any atom is 0.258 e. The molecule has 0 saturated carbocycles. The van der Waals surface area contributed by atoms with Crippen LogP contribution in [-0.4, -0.2) is 11.8 Å². The first-order chi connectivity index (χ1) is 11.3. The van der Waals surface area contributed by atoms with Crippen LogP contribution in [0.4, 0.5) is 0 Å². The van der Waals surface area contributed by atoms with Crippen LogP contribution < -0.4 is 5.32 Å². The second-order valence-electron chi connectivity index (χ2n) is 6.44. The van der Waals surface area contributed by atoms with Gasteiger partial charge in [-0.05, 0) is 29.9 Å². The minimum atomic E-state index is -0.300. The van der Waals surface area contributed by atoms with Gasteiger partial charge < -0.3 is 0 Å². The predicted octanol–water partition coefficient (Wildman–Crippen LogP) is 6.09. The van der Waals surface area contributed by atoms with E-state index in [2.05, 4.69) is 39.9 Å². The van der Waals surface area contributed by atoms with Gasteiger partial charge in [0.15, 0.2) is 0 Å². The predicted molar refractivity (Wildman–Crippen MR) is 104 cm³/mol. The Morgan fingerprint density at radius 2 is 1.29 bits per heavy atom.